The van der Waals surface area contributed by atoms with Crippen LogP contribution in [0, 0.1) is 0 Å². The molecule has 0 N–H and O–H groups in total. The molecule has 6 nitrogen and oxygen atoms in total. The van der Waals surface area contributed by atoms with Gasteiger partial charge >= 0.3 is 5.97 Å². The normalized spacial score (nSPS) is 22.3. The van der Waals surface area contributed by atoms with Crippen LogP contribution in [0.3, 0.4) is 0 Å². The molecule has 2 aliphatic rings. The summed E-state index contributed by atoms with van der Waals surface area (Å²) in [5, 5.41) is 0. The molecule has 148 valence electrons. The molecule has 0 aliphatic carbocycles. The number of rotatable bonds is 7. The maximum Gasteiger partial charge on any atom is 0.320 e. The Hall–Kier alpha value is -1.73. The molecule has 1 aromatic carbocycles. The maximum absolute atomic E-state index is 12.6. The lowest BCUT2D eigenvalue weighted by Gasteiger charge is -2.26. The highest BCUT2D eigenvalue weighted by Gasteiger charge is 2.31. The highest BCUT2D eigenvalue weighted by molar-refractivity contribution is 7.99. The van der Waals surface area contributed by atoms with Crippen molar-refractivity contribution in [2.24, 2.45) is 0 Å². The van der Waals surface area contributed by atoms with E-state index in [2.05, 4.69) is 0 Å². The quantitative estimate of drug-likeness (QED) is 0.664. The van der Waals surface area contributed by atoms with E-state index in [1.54, 1.807) is 7.11 Å². The van der Waals surface area contributed by atoms with Crippen molar-refractivity contribution in [1.29, 1.82) is 0 Å². The fourth-order valence-corrected chi connectivity index (χ4v) is 5.03. The van der Waals surface area contributed by atoms with Crippen LogP contribution in [0.25, 0.3) is 0 Å². The minimum Gasteiger partial charge on any atom is -0.497 e. The van der Waals surface area contributed by atoms with Crippen LogP contribution in [0.1, 0.15) is 30.9 Å². The standard InChI is InChI=1S/C20H28N2O4S/c1-21(16-8-10-27-14-16)12-20(24)26-13-19(23)22-9-4-7-18(22)15-5-3-6-17(11-15)25-2/h3,5-6,11,16,18H,4,7-10,12-14H2,1-2H3/t16-,18-/m1/s1. The van der Waals surface area contributed by atoms with Gasteiger partial charge in [-0.2, -0.15) is 11.8 Å². The van der Waals surface area contributed by atoms with Crippen LogP contribution in [0.15, 0.2) is 24.3 Å². The molecule has 1 aromatic rings. The summed E-state index contributed by atoms with van der Waals surface area (Å²) in [7, 11) is 3.58. The first-order chi connectivity index (χ1) is 13.1. The van der Waals surface area contributed by atoms with Crippen molar-refractivity contribution in [3.63, 3.8) is 0 Å². The second-order valence-electron chi connectivity index (χ2n) is 7.11. The van der Waals surface area contributed by atoms with Crippen LogP contribution in [0.5, 0.6) is 5.75 Å². The van der Waals surface area contributed by atoms with Crippen LogP contribution in [0.4, 0.5) is 0 Å². The van der Waals surface area contributed by atoms with Gasteiger partial charge in [0.15, 0.2) is 6.61 Å². The summed E-state index contributed by atoms with van der Waals surface area (Å²) in [6.45, 7) is 0.738. The molecule has 1 amide bonds. The van der Waals surface area contributed by atoms with E-state index in [4.69, 9.17) is 9.47 Å². The Morgan fingerprint density at radius 2 is 2.19 bits per heavy atom. The molecule has 0 radical (unpaired) electrons. The molecular weight excluding hydrogens is 364 g/mol. The van der Waals surface area contributed by atoms with Crippen LogP contribution in [-0.2, 0) is 14.3 Å². The van der Waals surface area contributed by atoms with E-state index in [9.17, 15) is 9.59 Å². The van der Waals surface area contributed by atoms with Gasteiger partial charge in [0.2, 0.25) is 0 Å². The summed E-state index contributed by atoms with van der Waals surface area (Å²) in [4.78, 5) is 28.6. The molecule has 7 heteroatoms. The average molecular weight is 393 g/mol. The van der Waals surface area contributed by atoms with E-state index in [0.717, 1.165) is 42.1 Å². The molecule has 2 heterocycles. The second kappa shape index (κ2) is 9.46. The van der Waals surface area contributed by atoms with Gasteiger partial charge in [0.25, 0.3) is 5.91 Å². The van der Waals surface area contributed by atoms with E-state index >= 15 is 0 Å². The van der Waals surface area contributed by atoms with Crippen molar-refractivity contribution < 1.29 is 19.1 Å². The number of carbonyl (C=O) groups excluding carboxylic acids is 2. The Morgan fingerprint density at radius 1 is 1.33 bits per heavy atom. The van der Waals surface area contributed by atoms with E-state index < -0.39 is 0 Å². The first-order valence-corrected chi connectivity index (χ1v) is 10.6. The number of hydrogen-bond donors (Lipinski definition) is 0. The maximum atomic E-state index is 12.6. The van der Waals surface area contributed by atoms with E-state index in [1.165, 1.54) is 0 Å². The van der Waals surface area contributed by atoms with Gasteiger partial charge in [-0.3, -0.25) is 14.5 Å². The highest BCUT2D eigenvalue weighted by atomic mass is 32.2. The number of likely N-dealkylation sites (tertiary alicyclic amines) is 1. The SMILES string of the molecule is COc1cccc([C@H]2CCCN2C(=O)COC(=O)CN(C)[C@@H]2CCSC2)c1. The molecule has 0 spiro atoms. The van der Waals surface area contributed by atoms with Crippen molar-refractivity contribution in [2.45, 2.75) is 31.3 Å². The van der Waals surface area contributed by atoms with Gasteiger partial charge in [-0.15, -0.1) is 0 Å². The number of hydrogen-bond acceptors (Lipinski definition) is 6. The zero-order valence-corrected chi connectivity index (χ0v) is 16.9. The Balaban J connectivity index is 1.51. The fraction of sp³-hybridized carbons (Fsp3) is 0.600. The smallest absolute Gasteiger partial charge is 0.320 e. The van der Waals surface area contributed by atoms with Crippen LogP contribution < -0.4 is 4.74 Å². The van der Waals surface area contributed by atoms with Gasteiger partial charge in [0.05, 0.1) is 19.7 Å². The number of amides is 1. The molecular formula is C20H28N2O4S. The molecule has 2 aliphatic heterocycles. The van der Waals surface area contributed by atoms with Crippen LogP contribution in [0.2, 0.25) is 0 Å². The fourth-order valence-electron chi connectivity index (χ4n) is 3.73. The summed E-state index contributed by atoms with van der Waals surface area (Å²) in [5.41, 5.74) is 1.06. The van der Waals surface area contributed by atoms with Gasteiger partial charge < -0.3 is 14.4 Å². The van der Waals surface area contributed by atoms with Crippen molar-refractivity contribution >= 4 is 23.6 Å². The Bertz CT molecular complexity index is 663. The minimum atomic E-state index is -0.333. The van der Waals surface area contributed by atoms with Gasteiger partial charge in [0, 0.05) is 18.3 Å². The molecule has 2 atom stereocenters. The summed E-state index contributed by atoms with van der Waals surface area (Å²) >= 11 is 1.91. The third kappa shape index (κ3) is 5.17. The summed E-state index contributed by atoms with van der Waals surface area (Å²) in [6, 6.07) is 8.26. The summed E-state index contributed by atoms with van der Waals surface area (Å²) < 4.78 is 10.6. The zero-order chi connectivity index (χ0) is 19.2. The second-order valence-corrected chi connectivity index (χ2v) is 8.26. The van der Waals surface area contributed by atoms with Crippen molar-refractivity contribution in [3.8, 4) is 5.75 Å². The first kappa shape index (κ1) is 20.0. The monoisotopic (exact) mass is 392 g/mol. The molecule has 2 fully saturated rings. The molecule has 3 rings (SSSR count). The van der Waals surface area contributed by atoms with E-state index in [1.807, 2.05) is 52.9 Å². The number of methoxy groups -OCH3 is 1. The summed E-state index contributed by atoms with van der Waals surface area (Å²) in [6.07, 6.45) is 2.96. The Kier molecular flexibility index (Phi) is 7.01. The van der Waals surface area contributed by atoms with Crippen molar-refractivity contribution in [2.75, 3.05) is 45.4 Å². The first-order valence-electron chi connectivity index (χ1n) is 9.45. The van der Waals surface area contributed by atoms with Gasteiger partial charge in [-0.05, 0) is 49.8 Å². The van der Waals surface area contributed by atoms with Crippen LogP contribution in [-0.4, -0.2) is 73.1 Å². The molecule has 0 bridgehead atoms. The van der Waals surface area contributed by atoms with Gasteiger partial charge in [-0.25, -0.2) is 0 Å². The third-order valence-electron chi connectivity index (χ3n) is 5.32. The van der Waals surface area contributed by atoms with E-state index in [-0.39, 0.29) is 31.1 Å². The lowest BCUT2D eigenvalue weighted by Crippen LogP contribution is -2.38. The van der Waals surface area contributed by atoms with E-state index in [0.29, 0.717) is 12.6 Å². The topological polar surface area (TPSA) is 59.1 Å². The molecule has 0 unspecified atom stereocenters. The van der Waals surface area contributed by atoms with Gasteiger partial charge in [-0.1, -0.05) is 12.1 Å². The number of thioether (sulfide) groups is 1. The van der Waals surface area contributed by atoms with Gasteiger partial charge in [0.1, 0.15) is 5.75 Å². The molecule has 0 saturated carbocycles. The Morgan fingerprint density at radius 3 is 2.93 bits per heavy atom. The molecule has 27 heavy (non-hydrogen) atoms. The summed E-state index contributed by atoms with van der Waals surface area (Å²) in [5.74, 6) is 2.51. The van der Waals surface area contributed by atoms with Crippen LogP contribution >= 0.6 is 11.8 Å². The number of benzene rings is 1. The third-order valence-corrected chi connectivity index (χ3v) is 6.46. The number of likely N-dealkylation sites (N-methyl/N-ethyl adjacent to an activating group) is 1. The lowest BCUT2D eigenvalue weighted by molar-refractivity contribution is -0.153. The zero-order valence-electron chi connectivity index (χ0n) is 16.1. The van der Waals surface area contributed by atoms with Crippen molar-refractivity contribution in [1.82, 2.24) is 9.80 Å². The molecule has 0 aromatic heterocycles. The predicted molar refractivity (Wildman–Crippen MR) is 106 cm³/mol. The minimum absolute atomic E-state index is 0.0180. The molecule has 2 saturated heterocycles. The Labute approximate surface area is 165 Å². The average Bonchev–Trinajstić information content (AvgIpc) is 3.37. The number of ether oxygens (including phenoxy) is 2. The lowest BCUT2D eigenvalue weighted by atomic mass is 10.0. The van der Waals surface area contributed by atoms with Crippen molar-refractivity contribution in [3.05, 3.63) is 29.8 Å². The number of esters is 1. The number of nitrogens with zero attached hydrogens (tertiary/aromatic N) is 2. The number of carbonyl (C=O) groups is 2. The highest BCUT2D eigenvalue weighted by Crippen LogP contribution is 2.33. The predicted octanol–water partition coefficient (Wildman–Crippen LogP) is 2.34. The largest absolute Gasteiger partial charge is 0.497 e.